The first-order valence-corrected chi connectivity index (χ1v) is 4.48. The molecule has 2 heterocycles. The van der Waals surface area contributed by atoms with Gasteiger partial charge in [0.2, 0.25) is 0 Å². The van der Waals surface area contributed by atoms with Crippen LogP contribution >= 0.6 is 0 Å². The molecule has 0 aliphatic heterocycles. The van der Waals surface area contributed by atoms with Crippen LogP contribution in [0, 0.1) is 12.7 Å². The summed E-state index contributed by atoms with van der Waals surface area (Å²) < 4.78 is 15.0. The smallest absolute Gasteiger partial charge is 0.190 e. The average molecular weight is 207 g/mol. The molecular weight excluding hydrogens is 197 g/mol. The first-order valence-electron chi connectivity index (χ1n) is 4.48. The normalized spacial score (nSPS) is 10.6. The first kappa shape index (κ1) is 9.79. The molecule has 1 N–H and O–H groups in total. The second-order valence-electron chi connectivity index (χ2n) is 3.23. The van der Waals surface area contributed by atoms with Crippen molar-refractivity contribution in [1.29, 1.82) is 0 Å². The molecule has 0 unspecified atom stereocenters. The summed E-state index contributed by atoms with van der Waals surface area (Å²) in [5.74, 6) is -0.433. The fourth-order valence-electron chi connectivity index (χ4n) is 1.28. The monoisotopic (exact) mass is 207 g/mol. The molecule has 0 fully saturated rings. The van der Waals surface area contributed by atoms with E-state index in [1.165, 1.54) is 16.9 Å². The van der Waals surface area contributed by atoms with Crippen LogP contribution in [-0.2, 0) is 6.61 Å². The zero-order valence-electron chi connectivity index (χ0n) is 8.18. The SMILES string of the molecule is Cc1cnn(-c2nccc(CO)c2F)c1. The second kappa shape index (κ2) is 3.78. The Morgan fingerprint density at radius 2 is 2.33 bits per heavy atom. The fourth-order valence-corrected chi connectivity index (χ4v) is 1.28. The van der Waals surface area contributed by atoms with Crippen molar-refractivity contribution in [3.63, 3.8) is 0 Å². The zero-order chi connectivity index (χ0) is 10.8. The molecule has 0 saturated carbocycles. The van der Waals surface area contributed by atoms with E-state index in [0.717, 1.165) is 5.56 Å². The highest BCUT2D eigenvalue weighted by molar-refractivity contribution is 5.29. The lowest BCUT2D eigenvalue weighted by atomic mass is 10.2. The number of rotatable bonds is 2. The summed E-state index contributed by atoms with van der Waals surface area (Å²) in [6.45, 7) is 1.51. The van der Waals surface area contributed by atoms with Crippen molar-refractivity contribution >= 4 is 0 Å². The van der Waals surface area contributed by atoms with Crippen LogP contribution in [0.2, 0.25) is 0 Å². The molecule has 0 radical (unpaired) electrons. The third kappa shape index (κ3) is 1.73. The van der Waals surface area contributed by atoms with Gasteiger partial charge in [0.25, 0.3) is 0 Å². The molecule has 5 heteroatoms. The lowest BCUT2D eigenvalue weighted by Gasteiger charge is -2.04. The van der Waals surface area contributed by atoms with Gasteiger partial charge in [0.15, 0.2) is 11.6 Å². The van der Waals surface area contributed by atoms with Gasteiger partial charge in [-0.05, 0) is 18.6 Å². The molecule has 2 aromatic rings. The topological polar surface area (TPSA) is 50.9 Å². The summed E-state index contributed by atoms with van der Waals surface area (Å²) in [7, 11) is 0. The third-order valence-corrected chi connectivity index (χ3v) is 2.05. The number of hydrogen-bond donors (Lipinski definition) is 1. The Kier molecular flexibility index (Phi) is 2.47. The van der Waals surface area contributed by atoms with Gasteiger partial charge >= 0.3 is 0 Å². The van der Waals surface area contributed by atoms with Crippen LogP contribution in [0.3, 0.4) is 0 Å². The van der Waals surface area contributed by atoms with Gasteiger partial charge in [-0.1, -0.05) is 0 Å². The summed E-state index contributed by atoms with van der Waals surface area (Å²) >= 11 is 0. The number of aliphatic hydroxyl groups is 1. The summed E-state index contributed by atoms with van der Waals surface area (Å²) in [6, 6.07) is 1.44. The second-order valence-corrected chi connectivity index (χ2v) is 3.23. The van der Waals surface area contributed by atoms with Crippen LogP contribution in [0.15, 0.2) is 24.7 Å². The number of halogens is 1. The summed E-state index contributed by atoms with van der Waals surface area (Å²) in [5, 5.41) is 12.9. The van der Waals surface area contributed by atoms with Crippen molar-refractivity contribution in [3.8, 4) is 5.82 Å². The molecular formula is C10H10FN3O. The van der Waals surface area contributed by atoms with Crippen molar-refractivity contribution in [2.45, 2.75) is 13.5 Å². The van der Waals surface area contributed by atoms with E-state index in [4.69, 9.17) is 5.11 Å². The molecule has 0 aliphatic carbocycles. The van der Waals surface area contributed by atoms with Crippen LogP contribution in [0.5, 0.6) is 0 Å². The minimum atomic E-state index is -0.539. The van der Waals surface area contributed by atoms with E-state index in [9.17, 15) is 4.39 Å². The molecule has 15 heavy (non-hydrogen) atoms. The molecule has 0 aliphatic rings. The Morgan fingerprint density at radius 3 is 2.93 bits per heavy atom. The summed E-state index contributed by atoms with van der Waals surface area (Å²) in [6.07, 6.45) is 4.74. The zero-order valence-corrected chi connectivity index (χ0v) is 8.18. The minimum absolute atomic E-state index is 0.106. The van der Waals surface area contributed by atoms with Crippen LogP contribution in [0.25, 0.3) is 5.82 Å². The number of aliphatic hydroxyl groups excluding tert-OH is 1. The van der Waals surface area contributed by atoms with Gasteiger partial charge in [-0.2, -0.15) is 5.10 Å². The van der Waals surface area contributed by atoms with Crippen LogP contribution < -0.4 is 0 Å². The minimum Gasteiger partial charge on any atom is -0.392 e. The van der Waals surface area contributed by atoms with Crippen LogP contribution in [0.4, 0.5) is 4.39 Å². The number of aryl methyl sites for hydroxylation is 1. The third-order valence-electron chi connectivity index (χ3n) is 2.05. The van der Waals surface area contributed by atoms with Gasteiger partial charge in [0.05, 0.1) is 12.8 Å². The Labute approximate surface area is 86.0 Å². The standard InChI is InChI=1S/C10H10FN3O/c1-7-4-13-14(5-7)10-9(11)8(6-15)2-3-12-10/h2-5,15H,6H2,1H3. The van der Waals surface area contributed by atoms with Crippen LogP contribution in [-0.4, -0.2) is 19.9 Å². The predicted molar refractivity (Wildman–Crippen MR) is 52.0 cm³/mol. The molecule has 78 valence electrons. The highest BCUT2D eigenvalue weighted by atomic mass is 19.1. The van der Waals surface area contributed by atoms with Gasteiger partial charge in [-0.15, -0.1) is 0 Å². The van der Waals surface area contributed by atoms with Gasteiger partial charge in [-0.25, -0.2) is 14.1 Å². The molecule has 0 spiro atoms. The fraction of sp³-hybridized carbons (Fsp3) is 0.200. The summed E-state index contributed by atoms with van der Waals surface area (Å²) in [5.41, 5.74) is 1.14. The van der Waals surface area contributed by atoms with Crippen LogP contribution in [0.1, 0.15) is 11.1 Å². The molecule has 0 amide bonds. The highest BCUT2D eigenvalue weighted by Crippen LogP contribution is 2.14. The molecule has 4 nitrogen and oxygen atoms in total. The van der Waals surface area contributed by atoms with Gasteiger partial charge in [-0.3, -0.25) is 0 Å². The van der Waals surface area contributed by atoms with Gasteiger partial charge < -0.3 is 5.11 Å². The van der Waals surface area contributed by atoms with E-state index < -0.39 is 5.82 Å². The highest BCUT2D eigenvalue weighted by Gasteiger charge is 2.10. The molecule has 0 bridgehead atoms. The van der Waals surface area contributed by atoms with Crippen molar-refractivity contribution in [2.24, 2.45) is 0 Å². The Hall–Kier alpha value is -1.75. The van der Waals surface area contributed by atoms with Gasteiger partial charge in [0, 0.05) is 18.0 Å². The maximum atomic E-state index is 13.7. The predicted octanol–water partition coefficient (Wildman–Crippen LogP) is 1.21. The molecule has 0 atom stereocenters. The van der Waals surface area contributed by atoms with E-state index in [-0.39, 0.29) is 18.0 Å². The lowest BCUT2D eigenvalue weighted by molar-refractivity contribution is 0.275. The van der Waals surface area contributed by atoms with Crippen molar-refractivity contribution in [1.82, 2.24) is 14.8 Å². The van der Waals surface area contributed by atoms with E-state index >= 15 is 0 Å². The number of hydrogen-bond acceptors (Lipinski definition) is 3. The number of aromatic nitrogens is 3. The molecule has 0 aromatic carbocycles. The Bertz CT molecular complexity index is 481. The maximum Gasteiger partial charge on any atom is 0.190 e. The number of pyridine rings is 1. The van der Waals surface area contributed by atoms with E-state index in [0.29, 0.717) is 0 Å². The quantitative estimate of drug-likeness (QED) is 0.805. The largest absolute Gasteiger partial charge is 0.392 e. The van der Waals surface area contributed by atoms with Crippen molar-refractivity contribution in [2.75, 3.05) is 0 Å². The Morgan fingerprint density at radius 1 is 1.53 bits per heavy atom. The molecule has 2 rings (SSSR count). The van der Waals surface area contributed by atoms with E-state index in [1.54, 1.807) is 12.4 Å². The molecule has 2 aromatic heterocycles. The number of nitrogens with zero attached hydrogens (tertiary/aromatic N) is 3. The maximum absolute atomic E-state index is 13.7. The summed E-state index contributed by atoms with van der Waals surface area (Å²) in [4.78, 5) is 3.88. The Balaban J connectivity index is 2.53. The average Bonchev–Trinajstić information content (AvgIpc) is 2.65. The molecule has 0 saturated heterocycles. The van der Waals surface area contributed by atoms with E-state index in [2.05, 4.69) is 10.1 Å². The lowest BCUT2D eigenvalue weighted by Crippen LogP contribution is -2.04. The van der Waals surface area contributed by atoms with Crippen molar-refractivity contribution in [3.05, 3.63) is 41.6 Å². The van der Waals surface area contributed by atoms with Crippen molar-refractivity contribution < 1.29 is 9.50 Å². The van der Waals surface area contributed by atoms with Gasteiger partial charge in [0.1, 0.15) is 0 Å². The first-order chi connectivity index (χ1) is 7.22. The van der Waals surface area contributed by atoms with E-state index in [1.807, 2.05) is 6.92 Å².